The lowest BCUT2D eigenvalue weighted by Crippen LogP contribution is -2.14. The lowest BCUT2D eigenvalue weighted by atomic mass is 10.0. The van der Waals surface area contributed by atoms with Crippen LogP contribution in [0.5, 0.6) is 0 Å². The molecule has 0 aliphatic rings. The van der Waals surface area contributed by atoms with Gasteiger partial charge in [-0.15, -0.1) is 10.2 Å². The number of aromatic nitrogens is 3. The van der Waals surface area contributed by atoms with Gasteiger partial charge in [-0.1, -0.05) is 54.2 Å². The molecule has 0 aliphatic heterocycles. The number of hydrogen-bond donors (Lipinski definition) is 1. The summed E-state index contributed by atoms with van der Waals surface area (Å²) >= 11 is 1.45. The normalized spacial score (nSPS) is 11.4. The zero-order valence-electron chi connectivity index (χ0n) is 17.8. The van der Waals surface area contributed by atoms with Gasteiger partial charge in [-0.25, -0.2) is 9.47 Å². The number of nitrogens with two attached hydrogens (primary N) is 1. The van der Waals surface area contributed by atoms with E-state index >= 15 is 0 Å². The second-order valence-electron chi connectivity index (χ2n) is 7.90. The van der Waals surface area contributed by atoms with E-state index < -0.39 is 0 Å². The zero-order valence-corrected chi connectivity index (χ0v) is 18.6. The molecule has 2 heterocycles. The average Bonchev–Trinajstić information content (AvgIpc) is 3.13. The number of thioether (sulfide) groups is 1. The molecule has 160 valence electrons. The van der Waals surface area contributed by atoms with Gasteiger partial charge in [-0.05, 0) is 59.0 Å². The first-order chi connectivity index (χ1) is 15.5. The standard InChI is InChI=1S/C25H22N4O2S/c1-15-10-21-19(13-24(30)31-22(21)11-16(15)2)14-32-25-28-27-23(29(25)26)12-18-8-5-7-17-6-3-4-9-20(17)18/h3-11,13H,12,14,26H2,1-2H3. The monoisotopic (exact) mass is 442 g/mol. The molecule has 0 saturated carbocycles. The van der Waals surface area contributed by atoms with E-state index in [9.17, 15) is 4.79 Å². The molecule has 0 atom stereocenters. The SMILES string of the molecule is Cc1cc2oc(=O)cc(CSc3nnc(Cc4cccc5ccccc45)n3N)c2cc1C. The van der Waals surface area contributed by atoms with Gasteiger partial charge in [-0.3, -0.25) is 0 Å². The predicted octanol–water partition coefficient (Wildman–Crippen LogP) is 4.75. The number of nitrogens with zero attached hydrogens (tertiary/aromatic N) is 3. The first kappa shape index (κ1) is 20.3. The summed E-state index contributed by atoms with van der Waals surface area (Å²) in [4.78, 5) is 12.1. The second-order valence-corrected chi connectivity index (χ2v) is 8.84. The van der Waals surface area contributed by atoms with Crippen molar-refractivity contribution < 1.29 is 4.42 Å². The molecule has 7 heteroatoms. The van der Waals surface area contributed by atoms with Crippen LogP contribution in [-0.4, -0.2) is 14.9 Å². The summed E-state index contributed by atoms with van der Waals surface area (Å²) in [6.45, 7) is 4.05. The van der Waals surface area contributed by atoms with Crippen LogP contribution in [0.3, 0.4) is 0 Å². The summed E-state index contributed by atoms with van der Waals surface area (Å²) in [5.74, 6) is 7.56. The van der Waals surface area contributed by atoms with E-state index in [1.54, 1.807) is 6.07 Å². The highest BCUT2D eigenvalue weighted by atomic mass is 32.2. The third-order valence-electron chi connectivity index (χ3n) is 5.76. The van der Waals surface area contributed by atoms with Crippen molar-refractivity contribution in [2.24, 2.45) is 0 Å². The van der Waals surface area contributed by atoms with Gasteiger partial charge in [0.1, 0.15) is 5.58 Å². The number of benzene rings is 3. The fourth-order valence-electron chi connectivity index (χ4n) is 3.89. The minimum absolute atomic E-state index is 0.359. The second kappa shape index (κ2) is 8.16. The molecule has 0 bridgehead atoms. The molecule has 5 aromatic rings. The Bertz CT molecular complexity index is 1520. The number of fused-ring (bicyclic) bond motifs is 2. The summed E-state index contributed by atoms with van der Waals surface area (Å²) in [7, 11) is 0. The highest BCUT2D eigenvalue weighted by molar-refractivity contribution is 7.98. The quantitative estimate of drug-likeness (QED) is 0.240. The molecule has 0 spiro atoms. The number of nitrogen functional groups attached to an aromatic ring is 1. The molecule has 5 rings (SSSR count). The molecule has 0 saturated heterocycles. The van der Waals surface area contributed by atoms with Crippen molar-refractivity contribution in [2.75, 3.05) is 5.84 Å². The van der Waals surface area contributed by atoms with Crippen molar-refractivity contribution in [1.82, 2.24) is 14.9 Å². The smallest absolute Gasteiger partial charge is 0.336 e. The summed E-state index contributed by atoms with van der Waals surface area (Å²) in [5, 5.41) is 12.5. The lowest BCUT2D eigenvalue weighted by molar-refractivity contribution is 0.559. The van der Waals surface area contributed by atoms with Gasteiger partial charge in [0.25, 0.3) is 0 Å². The van der Waals surface area contributed by atoms with Gasteiger partial charge < -0.3 is 10.3 Å². The molecule has 32 heavy (non-hydrogen) atoms. The summed E-state index contributed by atoms with van der Waals surface area (Å²) in [5.41, 5.74) is 4.52. The Kier molecular flexibility index (Phi) is 5.19. The molecular formula is C25H22N4O2S. The van der Waals surface area contributed by atoms with E-state index in [0.29, 0.717) is 28.7 Å². The molecule has 6 nitrogen and oxygen atoms in total. The Morgan fingerprint density at radius 1 is 0.938 bits per heavy atom. The molecule has 0 aliphatic carbocycles. The first-order valence-corrected chi connectivity index (χ1v) is 11.3. The molecular weight excluding hydrogens is 420 g/mol. The largest absolute Gasteiger partial charge is 0.423 e. The highest BCUT2D eigenvalue weighted by Gasteiger charge is 2.14. The van der Waals surface area contributed by atoms with Crippen molar-refractivity contribution in [3.8, 4) is 0 Å². The highest BCUT2D eigenvalue weighted by Crippen LogP contribution is 2.28. The minimum Gasteiger partial charge on any atom is -0.423 e. The van der Waals surface area contributed by atoms with Crippen molar-refractivity contribution >= 4 is 33.5 Å². The topological polar surface area (TPSA) is 86.9 Å². The maximum atomic E-state index is 12.1. The van der Waals surface area contributed by atoms with Crippen molar-refractivity contribution in [3.63, 3.8) is 0 Å². The Morgan fingerprint density at radius 2 is 1.72 bits per heavy atom. The summed E-state index contributed by atoms with van der Waals surface area (Å²) < 4.78 is 6.93. The third kappa shape index (κ3) is 3.76. The van der Waals surface area contributed by atoms with Gasteiger partial charge in [-0.2, -0.15) is 0 Å². The van der Waals surface area contributed by atoms with Crippen LogP contribution in [0.1, 0.15) is 28.1 Å². The fourth-order valence-corrected chi connectivity index (χ4v) is 4.75. The van der Waals surface area contributed by atoms with Crippen molar-refractivity contribution in [1.29, 1.82) is 0 Å². The number of rotatable bonds is 5. The van der Waals surface area contributed by atoms with Crippen LogP contribution in [0.4, 0.5) is 0 Å². The van der Waals surface area contributed by atoms with E-state index in [1.165, 1.54) is 27.2 Å². The maximum Gasteiger partial charge on any atom is 0.336 e. The Balaban J connectivity index is 1.41. The van der Waals surface area contributed by atoms with Gasteiger partial charge in [0.05, 0.1) is 0 Å². The van der Waals surface area contributed by atoms with Gasteiger partial charge >= 0.3 is 5.63 Å². The lowest BCUT2D eigenvalue weighted by Gasteiger charge is -2.09. The van der Waals surface area contributed by atoms with Crippen LogP contribution in [-0.2, 0) is 12.2 Å². The third-order valence-corrected chi connectivity index (χ3v) is 6.76. The van der Waals surface area contributed by atoms with Crippen molar-refractivity contribution in [3.05, 3.63) is 99.2 Å². The van der Waals surface area contributed by atoms with Crippen LogP contribution in [0.25, 0.3) is 21.7 Å². The van der Waals surface area contributed by atoms with E-state index in [1.807, 2.05) is 38.1 Å². The van der Waals surface area contributed by atoms with Crippen LogP contribution < -0.4 is 11.5 Å². The predicted molar refractivity (Wildman–Crippen MR) is 128 cm³/mol. The Labute approximate surface area is 189 Å². The van der Waals surface area contributed by atoms with Crippen LogP contribution in [0.2, 0.25) is 0 Å². The Hall–Kier alpha value is -3.58. The first-order valence-electron chi connectivity index (χ1n) is 10.3. The number of hydrogen-bond acceptors (Lipinski definition) is 6. The molecule has 0 fully saturated rings. The number of aryl methyl sites for hydroxylation is 2. The van der Waals surface area contributed by atoms with Crippen molar-refractivity contribution in [2.45, 2.75) is 31.2 Å². The van der Waals surface area contributed by atoms with E-state index in [4.69, 9.17) is 10.3 Å². The van der Waals surface area contributed by atoms with Gasteiger partial charge in [0, 0.05) is 23.6 Å². The van der Waals surface area contributed by atoms with E-state index in [0.717, 1.165) is 27.6 Å². The molecule has 0 radical (unpaired) electrons. The molecule has 2 aromatic heterocycles. The van der Waals surface area contributed by atoms with Crippen LogP contribution in [0, 0.1) is 13.8 Å². The summed E-state index contributed by atoms with van der Waals surface area (Å²) in [6, 6.07) is 20.0. The maximum absolute atomic E-state index is 12.1. The molecule has 0 unspecified atom stereocenters. The fraction of sp³-hybridized carbons (Fsp3) is 0.160. The van der Waals surface area contributed by atoms with E-state index in [-0.39, 0.29) is 5.63 Å². The zero-order chi connectivity index (χ0) is 22.2. The van der Waals surface area contributed by atoms with Gasteiger partial charge in [0.2, 0.25) is 5.16 Å². The average molecular weight is 443 g/mol. The van der Waals surface area contributed by atoms with Crippen LogP contribution >= 0.6 is 11.8 Å². The van der Waals surface area contributed by atoms with Gasteiger partial charge in [0.15, 0.2) is 5.82 Å². The van der Waals surface area contributed by atoms with Crippen LogP contribution in [0.15, 0.2) is 75.0 Å². The molecule has 2 N–H and O–H groups in total. The Morgan fingerprint density at radius 3 is 2.59 bits per heavy atom. The van der Waals surface area contributed by atoms with E-state index in [2.05, 4.69) is 40.5 Å². The summed E-state index contributed by atoms with van der Waals surface area (Å²) in [6.07, 6.45) is 0.585. The minimum atomic E-state index is -0.359. The molecule has 0 amide bonds. The molecule has 3 aromatic carbocycles.